The highest BCUT2D eigenvalue weighted by Crippen LogP contribution is 2.27. The van der Waals surface area contributed by atoms with E-state index >= 15 is 0 Å². The molecule has 0 fully saturated rings. The van der Waals surface area contributed by atoms with Crippen molar-refractivity contribution in [2.75, 3.05) is 31.4 Å². The zero-order valence-corrected chi connectivity index (χ0v) is 33.7. The highest BCUT2D eigenvalue weighted by Gasteiger charge is 2.14. The number of nitrogens with two attached hydrogens (primary N) is 1. The van der Waals surface area contributed by atoms with Gasteiger partial charge in [0.2, 0.25) is 0 Å². The summed E-state index contributed by atoms with van der Waals surface area (Å²) in [6, 6.07) is 21.9. The fourth-order valence-electron chi connectivity index (χ4n) is 4.95. The van der Waals surface area contributed by atoms with E-state index in [4.69, 9.17) is 15.2 Å². The van der Waals surface area contributed by atoms with Gasteiger partial charge in [0.1, 0.15) is 17.3 Å². The van der Waals surface area contributed by atoms with Crippen molar-refractivity contribution in [1.29, 1.82) is 0 Å². The molecule has 5 rings (SSSR count). The molecule has 0 saturated heterocycles. The molecule has 0 saturated carbocycles. The van der Waals surface area contributed by atoms with Crippen LogP contribution >= 0.6 is 31.9 Å². The summed E-state index contributed by atoms with van der Waals surface area (Å²) in [6.45, 7) is 14.9. The molecule has 52 heavy (non-hydrogen) atoms. The van der Waals surface area contributed by atoms with Crippen LogP contribution in [0.25, 0.3) is 0 Å². The fourth-order valence-corrected chi connectivity index (χ4v) is 5.77. The van der Waals surface area contributed by atoms with Gasteiger partial charge >= 0.3 is 5.97 Å². The molecule has 13 heteroatoms. The standard InChI is InChI=1S/C24H26BrN3O4.C15H20BrN3O/c1-15(2)14-32-21-10-9-20(25)12-19(21)13-28-16(3)11-22(27-28)26-23(29)17-5-7-18(8-6-17)24(30)31-4;1-10(2)9-20-14-5-4-13(16)7-12(14)8-19-11(3)6-15(17)18-19/h5-12,15H,13-14H2,1-4H3,(H,26,27,29);4-7,10H,8-9H2,1-3H3,(H2,17,18). The maximum atomic E-state index is 12.6. The van der Waals surface area contributed by atoms with Crippen molar-refractivity contribution in [3.8, 4) is 11.5 Å². The number of aromatic nitrogens is 4. The number of nitrogen functional groups attached to an aromatic ring is 1. The van der Waals surface area contributed by atoms with Crippen LogP contribution in [0, 0.1) is 25.7 Å². The minimum Gasteiger partial charge on any atom is -0.493 e. The average molecular weight is 839 g/mol. The van der Waals surface area contributed by atoms with Gasteiger partial charge in [-0.15, -0.1) is 0 Å². The van der Waals surface area contributed by atoms with Crippen LogP contribution in [0.4, 0.5) is 11.6 Å². The van der Waals surface area contributed by atoms with Crippen LogP contribution in [0.1, 0.15) is 70.9 Å². The number of esters is 1. The highest BCUT2D eigenvalue weighted by molar-refractivity contribution is 9.10. The van der Waals surface area contributed by atoms with E-state index in [1.54, 1.807) is 24.3 Å². The lowest BCUT2D eigenvalue weighted by atomic mass is 10.1. The van der Waals surface area contributed by atoms with E-state index in [2.05, 4.69) is 85.9 Å². The molecular formula is C39H46Br2N6O5. The van der Waals surface area contributed by atoms with Gasteiger partial charge in [0.05, 0.1) is 39.0 Å². The Balaban J connectivity index is 0.000000259. The largest absolute Gasteiger partial charge is 0.493 e. The summed E-state index contributed by atoms with van der Waals surface area (Å²) in [6.07, 6.45) is 0. The summed E-state index contributed by atoms with van der Waals surface area (Å²) in [7, 11) is 1.31. The number of rotatable bonds is 13. The lowest BCUT2D eigenvalue weighted by molar-refractivity contribution is 0.0600. The van der Waals surface area contributed by atoms with Crippen molar-refractivity contribution in [3.63, 3.8) is 0 Å². The Hall–Kier alpha value is -4.62. The molecule has 0 aliphatic carbocycles. The van der Waals surface area contributed by atoms with Gasteiger partial charge in [-0.2, -0.15) is 10.2 Å². The van der Waals surface area contributed by atoms with E-state index in [-0.39, 0.29) is 5.91 Å². The quantitative estimate of drug-likeness (QED) is 0.113. The third-order valence-corrected chi connectivity index (χ3v) is 8.61. The number of ether oxygens (including phenoxy) is 3. The Bertz CT molecular complexity index is 1970. The lowest BCUT2D eigenvalue weighted by Gasteiger charge is -2.14. The fraction of sp³-hybridized carbons (Fsp3) is 0.333. The van der Waals surface area contributed by atoms with Crippen molar-refractivity contribution in [2.45, 2.75) is 54.6 Å². The number of carbonyl (C=O) groups excluding carboxylic acids is 2. The number of anilines is 2. The summed E-state index contributed by atoms with van der Waals surface area (Å²) in [5.41, 5.74) is 10.5. The number of carbonyl (C=O) groups is 2. The van der Waals surface area contributed by atoms with Gasteiger partial charge in [-0.05, 0) is 86.3 Å². The number of aryl methyl sites for hydroxylation is 2. The zero-order valence-electron chi connectivity index (χ0n) is 30.6. The van der Waals surface area contributed by atoms with Crippen LogP contribution in [0.5, 0.6) is 11.5 Å². The summed E-state index contributed by atoms with van der Waals surface area (Å²) in [5.74, 6) is 2.86. The van der Waals surface area contributed by atoms with Crippen molar-refractivity contribution >= 4 is 55.4 Å². The predicted octanol–water partition coefficient (Wildman–Crippen LogP) is 8.70. The average Bonchev–Trinajstić information content (AvgIpc) is 3.61. The molecule has 3 N–H and O–H groups in total. The number of hydrogen-bond donors (Lipinski definition) is 2. The van der Waals surface area contributed by atoms with Gasteiger partial charge in [0, 0.05) is 49.2 Å². The van der Waals surface area contributed by atoms with Gasteiger partial charge in [-0.25, -0.2) is 4.79 Å². The number of nitrogens with one attached hydrogen (secondary N) is 1. The molecule has 0 unspecified atom stereocenters. The second-order valence-electron chi connectivity index (χ2n) is 13.1. The SMILES string of the molecule is COC(=O)c1ccc(C(=O)Nc2cc(C)n(Cc3cc(Br)ccc3OCC(C)C)n2)cc1.Cc1cc(N)nn1Cc1cc(Br)ccc1OCC(C)C. The zero-order chi connectivity index (χ0) is 37.9. The van der Waals surface area contributed by atoms with Crippen molar-refractivity contribution in [1.82, 2.24) is 19.6 Å². The van der Waals surface area contributed by atoms with Crippen LogP contribution in [0.15, 0.2) is 81.7 Å². The molecule has 0 bridgehead atoms. The van der Waals surface area contributed by atoms with Crippen LogP contribution in [0.3, 0.4) is 0 Å². The van der Waals surface area contributed by atoms with Crippen LogP contribution in [-0.2, 0) is 17.8 Å². The van der Waals surface area contributed by atoms with E-state index in [0.717, 1.165) is 43.0 Å². The first kappa shape index (κ1) is 40.2. The molecule has 2 aromatic heterocycles. The van der Waals surface area contributed by atoms with E-state index in [9.17, 15) is 9.59 Å². The molecule has 5 aromatic rings. The Morgan fingerprint density at radius 1 is 0.731 bits per heavy atom. The van der Waals surface area contributed by atoms with E-state index in [1.165, 1.54) is 7.11 Å². The van der Waals surface area contributed by atoms with Gasteiger partial charge in [-0.3, -0.25) is 14.2 Å². The first-order valence-electron chi connectivity index (χ1n) is 16.9. The Labute approximate surface area is 322 Å². The molecule has 0 atom stereocenters. The summed E-state index contributed by atoms with van der Waals surface area (Å²) in [4.78, 5) is 24.1. The molecule has 3 aromatic carbocycles. The smallest absolute Gasteiger partial charge is 0.337 e. The van der Waals surface area contributed by atoms with Crippen LogP contribution in [0.2, 0.25) is 0 Å². The molecule has 1 amide bonds. The topological polar surface area (TPSA) is 136 Å². The maximum Gasteiger partial charge on any atom is 0.337 e. The maximum absolute atomic E-state index is 12.6. The minimum atomic E-state index is -0.449. The summed E-state index contributed by atoms with van der Waals surface area (Å²) < 4.78 is 22.2. The van der Waals surface area contributed by atoms with Crippen LogP contribution < -0.4 is 20.5 Å². The van der Waals surface area contributed by atoms with Gasteiger partial charge < -0.3 is 25.3 Å². The predicted molar refractivity (Wildman–Crippen MR) is 211 cm³/mol. The molecule has 0 aliphatic heterocycles. The molecular weight excluding hydrogens is 792 g/mol. The Kier molecular flexibility index (Phi) is 14.5. The van der Waals surface area contributed by atoms with Crippen molar-refractivity contribution in [3.05, 3.63) is 115 Å². The third-order valence-electron chi connectivity index (χ3n) is 7.62. The number of nitrogens with zero attached hydrogens (tertiary/aromatic N) is 4. The van der Waals surface area contributed by atoms with E-state index in [1.807, 2.05) is 65.7 Å². The monoisotopic (exact) mass is 836 g/mol. The minimum absolute atomic E-state index is 0.311. The number of amides is 1. The third kappa shape index (κ3) is 11.7. The number of methoxy groups -OCH3 is 1. The number of halogens is 2. The first-order chi connectivity index (χ1) is 24.7. The molecule has 0 radical (unpaired) electrons. The Morgan fingerprint density at radius 3 is 1.67 bits per heavy atom. The molecule has 0 spiro atoms. The van der Waals surface area contributed by atoms with Gasteiger partial charge in [-0.1, -0.05) is 59.6 Å². The Morgan fingerprint density at radius 2 is 1.21 bits per heavy atom. The van der Waals surface area contributed by atoms with E-state index < -0.39 is 5.97 Å². The molecule has 2 heterocycles. The second-order valence-corrected chi connectivity index (χ2v) is 15.0. The van der Waals surface area contributed by atoms with Crippen molar-refractivity contribution < 1.29 is 23.8 Å². The molecule has 276 valence electrons. The highest BCUT2D eigenvalue weighted by atomic mass is 79.9. The number of hydrogen-bond acceptors (Lipinski definition) is 8. The normalized spacial score (nSPS) is 10.9. The number of benzene rings is 3. The summed E-state index contributed by atoms with van der Waals surface area (Å²) >= 11 is 7.02. The van der Waals surface area contributed by atoms with E-state index in [0.29, 0.717) is 60.9 Å². The lowest BCUT2D eigenvalue weighted by Crippen LogP contribution is -2.13. The van der Waals surface area contributed by atoms with Crippen molar-refractivity contribution in [2.24, 2.45) is 11.8 Å². The van der Waals surface area contributed by atoms with Gasteiger partial charge in [0.15, 0.2) is 5.82 Å². The van der Waals surface area contributed by atoms with Crippen LogP contribution in [-0.4, -0.2) is 51.8 Å². The summed E-state index contributed by atoms with van der Waals surface area (Å²) in [5, 5.41) is 11.6. The first-order valence-corrected chi connectivity index (χ1v) is 18.5. The van der Waals surface area contributed by atoms with Gasteiger partial charge in [0.25, 0.3) is 5.91 Å². The second kappa shape index (κ2) is 18.7. The molecule has 0 aliphatic rings. The molecule has 11 nitrogen and oxygen atoms in total.